The molecule has 0 fully saturated rings. The van der Waals surface area contributed by atoms with Crippen LogP contribution in [0.4, 0.5) is 11.4 Å². The largest absolute Gasteiger partial charge is 0.487 e. The van der Waals surface area contributed by atoms with Crippen LogP contribution in [0.3, 0.4) is 0 Å². The number of fused-ring (bicyclic) bond motifs is 1. The van der Waals surface area contributed by atoms with E-state index in [4.69, 9.17) is 15.2 Å². The van der Waals surface area contributed by atoms with Gasteiger partial charge in [-0.05, 0) is 60.5 Å². The molecule has 0 saturated carbocycles. The molecular formula is C29H25N5O3. The third kappa shape index (κ3) is 5.18. The Labute approximate surface area is 214 Å². The second-order valence-electron chi connectivity index (χ2n) is 8.45. The highest BCUT2D eigenvalue weighted by Crippen LogP contribution is 2.33. The van der Waals surface area contributed by atoms with Gasteiger partial charge in [0.05, 0.1) is 18.5 Å². The lowest BCUT2D eigenvalue weighted by Gasteiger charge is -2.13. The molecule has 2 aromatic heterocycles. The zero-order valence-electron chi connectivity index (χ0n) is 20.4. The molecule has 37 heavy (non-hydrogen) atoms. The molecule has 3 N–H and O–H groups in total. The van der Waals surface area contributed by atoms with Crippen LogP contribution in [0.2, 0.25) is 0 Å². The number of nitrogens with zero attached hydrogens (tertiary/aromatic N) is 3. The van der Waals surface area contributed by atoms with Crippen molar-refractivity contribution in [1.82, 2.24) is 15.0 Å². The van der Waals surface area contributed by atoms with E-state index in [-0.39, 0.29) is 5.91 Å². The van der Waals surface area contributed by atoms with E-state index in [1.165, 1.54) is 6.33 Å². The highest BCUT2D eigenvalue weighted by atomic mass is 16.5. The SMILES string of the molecule is COc1ccc(-c2cc(OCc3ccc(C(=O)Nc4ccccc4N)cc3)c3ncnc(C)c3c2)cn1. The summed E-state index contributed by atoms with van der Waals surface area (Å²) in [4.78, 5) is 25.7. The standard InChI is InChI=1S/C29H25N5O3/c1-18-23-13-22(21-11-12-27(36-2)31-15-21)14-26(28(23)33-17-32-18)37-16-19-7-9-20(10-8-19)29(35)34-25-6-4-3-5-24(25)30/h3-15,17H,16,30H2,1-2H3,(H,34,35). The molecule has 1 amide bonds. The van der Waals surface area contributed by atoms with Gasteiger partial charge in [0.25, 0.3) is 5.91 Å². The van der Waals surface area contributed by atoms with E-state index in [2.05, 4.69) is 20.3 Å². The molecule has 5 rings (SSSR count). The van der Waals surface area contributed by atoms with E-state index in [0.717, 1.165) is 33.3 Å². The van der Waals surface area contributed by atoms with Crippen LogP contribution < -0.4 is 20.5 Å². The number of nitrogens with one attached hydrogen (secondary N) is 1. The molecule has 0 saturated heterocycles. The topological polar surface area (TPSA) is 112 Å². The maximum atomic E-state index is 12.6. The van der Waals surface area contributed by atoms with Gasteiger partial charge in [-0.15, -0.1) is 0 Å². The number of carbonyl (C=O) groups is 1. The van der Waals surface area contributed by atoms with Crippen LogP contribution in [0.5, 0.6) is 11.6 Å². The minimum atomic E-state index is -0.232. The van der Waals surface area contributed by atoms with Gasteiger partial charge in [0.15, 0.2) is 0 Å². The average molecular weight is 492 g/mol. The minimum absolute atomic E-state index is 0.232. The predicted molar refractivity (Wildman–Crippen MR) is 144 cm³/mol. The Kier molecular flexibility index (Phi) is 6.63. The molecule has 2 heterocycles. The first-order valence-corrected chi connectivity index (χ1v) is 11.6. The van der Waals surface area contributed by atoms with Gasteiger partial charge in [-0.2, -0.15) is 0 Å². The number of hydrogen-bond donors (Lipinski definition) is 2. The van der Waals surface area contributed by atoms with Crippen molar-refractivity contribution in [3.05, 3.63) is 102 Å². The van der Waals surface area contributed by atoms with Gasteiger partial charge >= 0.3 is 0 Å². The molecule has 8 heteroatoms. The number of pyridine rings is 1. The third-order valence-electron chi connectivity index (χ3n) is 6.00. The fourth-order valence-electron chi connectivity index (χ4n) is 3.93. The Morgan fingerprint density at radius 2 is 1.76 bits per heavy atom. The molecule has 0 radical (unpaired) electrons. The van der Waals surface area contributed by atoms with Gasteiger partial charge < -0.3 is 20.5 Å². The highest BCUT2D eigenvalue weighted by molar-refractivity contribution is 6.05. The van der Waals surface area contributed by atoms with Crippen molar-refractivity contribution in [2.75, 3.05) is 18.2 Å². The summed E-state index contributed by atoms with van der Waals surface area (Å²) in [5.41, 5.74) is 11.9. The fraction of sp³-hybridized carbons (Fsp3) is 0.103. The number of ether oxygens (including phenoxy) is 2. The molecule has 184 valence electrons. The number of methoxy groups -OCH3 is 1. The first-order valence-electron chi connectivity index (χ1n) is 11.6. The first kappa shape index (κ1) is 23.7. The van der Waals surface area contributed by atoms with Crippen LogP contribution in [-0.2, 0) is 6.61 Å². The van der Waals surface area contributed by atoms with E-state index in [0.29, 0.717) is 35.2 Å². The number of benzene rings is 3. The number of aryl methyl sites for hydroxylation is 1. The van der Waals surface area contributed by atoms with Crippen molar-refractivity contribution in [2.24, 2.45) is 0 Å². The molecule has 0 spiro atoms. The van der Waals surface area contributed by atoms with Gasteiger partial charge in [-0.1, -0.05) is 24.3 Å². The summed E-state index contributed by atoms with van der Waals surface area (Å²) in [7, 11) is 1.59. The number of amides is 1. The molecule has 0 unspecified atom stereocenters. The van der Waals surface area contributed by atoms with Crippen LogP contribution in [0.1, 0.15) is 21.6 Å². The number of rotatable bonds is 7. The van der Waals surface area contributed by atoms with Crippen molar-refractivity contribution in [1.29, 1.82) is 0 Å². The van der Waals surface area contributed by atoms with E-state index >= 15 is 0 Å². The van der Waals surface area contributed by atoms with Crippen LogP contribution in [0.15, 0.2) is 85.3 Å². The Morgan fingerprint density at radius 1 is 0.946 bits per heavy atom. The summed E-state index contributed by atoms with van der Waals surface area (Å²) in [6.45, 7) is 2.24. The average Bonchev–Trinajstić information content (AvgIpc) is 2.93. The summed E-state index contributed by atoms with van der Waals surface area (Å²) < 4.78 is 11.4. The fourth-order valence-corrected chi connectivity index (χ4v) is 3.93. The second kappa shape index (κ2) is 10.3. The Balaban J connectivity index is 1.36. The lowest BCUT2D eigenvalue weighted by atomic mass is 10.0. The zero-order chi connectivity index (χ0) is 25.8. The van der Waals surface area contributed by atoms with Gasteiger partial charge in [-0.25, -0.2) is 15.0 Å². The molecule has 0 aliphatic carbocycles. The number of hydrogen-bond acceptors (Lipinski definition) is 7. The van der Waals surface area contributed by atoms with Crippen LogP contribution >= 0.6 is 0 Å². The smallest absolute Gasteiger partial charge is 0.255 e. The molecule has 0 aliphatic rings. The van der Waals surface area contributed by atoms with Crippen molar-refractivity contribution >= 4 is 28.2 Å². The van der Waals surface area contributed by atoms with Crippen LogP contribution in [0, 0.1) is 6.92 Å². The van der Waals surface area contributed by atoms with E-state index in [1.54, 1.807) is 37.6 Å². The normalized spacial score (nSPS) is 10.8. The third-order valence-corrected chi connectivity index (χ3v) is 6.00. The minimum Gasteiger partial charge on any atom is -0.487 e. The predicted octanol–water partition coefficient (Wildman–Crippen LogP) is 5.42. The monoisotopic (exact) mass is 491 g/mol. The van der Waals surface area contributed by atoms with E-state index in [1.807, 2.05) is 55.5 Å². The number of aromatic nitrogens is 3. The quantitative estimate of drug-likeness (QED) is 0.292. The van der Waals surface area contributed by atoms with Crippen molar-refractivity contribution in [3.63, 3.8) is 0 Å². The molecular weight excluding hydrogens is 466 g/mol. The Morgan fingerprint density at radius 3 is 2.49 bits per heavy atom. The van der Waals surface area contributed by atoms with E-state index in [9.17, 15) is 4.79 Å². The lowest BCUT2D eigenvalue weighted by molar-refractivity contribution is 0.102. The Bertz CT molecular complexity index is 1570. The molecule has 3 aromatic carbocycles. The zero-order valence-corrected chi connectivity index (χ0v) is 20.4. The molecule has 5 aromatic rings. The summed E-state index contributed by atoms with van der Waals surface area (Å²) in [6, 6.07) is 22.1. The number of anilines is 2. The van der Waals surface area contributed by atoms with Crippen LogP contribution in [-0.4, -0.2) is 28.0 Å². The second-order valence-corrected chi connectivity index (χ2v) is 8.45. The Hall–Kier alpha value is -4.98. The summed E-state index contributed by atoms with van der Waals surface area (Å²) in [5, 5.41) is 3.74. The van der Waals surface area contributed by atoms with Gasteiger partial charge in [0.1, 0.15) is 24.2 Å². The van der Waals surface area contributed by atoms with Crippen molar-refractivity contribution < 1.29 is 14.3 Å². The highest BCUT2D eigenvalue weighted by Gasteiger charge is 2.13. The molecule has 8 nitrogen and oxygen atoms in total. The van der Waals surface area contributed by atoms with Crippen LogP contribution in [0.25, 0.3) is 22.0 Å². The van der Waals surface area contributed by atoms with Gasteiger partial charge in [0, 0.05) is 34.5 Å². The lowest BCUT2D eigenvalue weighted by Crippen LogP contribution is -2.13. The van der Waals surface area contributed by atoms with E-state index < -0.39 is 0 Å². The summed E-state index contributed by atoms with van der Waals surface area (Å²) in [6.07, 6.45) is 3.29. The number of para-hydroxylation sites is 2. The maximum Gasteiger partial charge on any atom is 0.255 e. The van der Waals surface area contributed by atoms with Gasteiger partial charge in [-0.3, -0.25) is 4.79 Å². The summed E-state index contributed by atoms with van der Waals surface area (Å²) >= 11 is 0. The summed E-state index contributed by atoms with van der Waals surface area (Å²) in [5.74, 6) is 0.949. The van der Waals surface area contributed by atoms with Gasteiger partial charge in [0.2, 0.25) is 5.88 Å². The van der Waals surface area contributed by atoms with Crippen molar-refractivity contribution in [2.45, 2.75) is 13.5 Å². The number of carbonyl (C=O) groups excluding carboxylic acids is 1. The number of nitrogen functional groups attached to an aromatic ring is 1. The molecule has 0 aliphatic heterocycles. The number of nitrogens with two attached hydrogens (primary N) is 1. The maximum absolute atomic E-state index is 12.6. The first-order chi connectivity index (χ1) is 18.0. The van der Waals surface area contributed by atoms with Crippen molar-refractivity contribution in [3.8, 4) is 22.8 Å². The molecule has 0 bridgehead atoms. The molecule has 0 atom stereocenters.